The molecule has 2 amide bonds. The van der Waals surface area contributed by atoms with E-state index < -0.39 is 11.6 Å². The number of carbonyl (C=O) groups excluding carboxylic acids is 4. The minimum atomic E-state index is -1.10. The number of hydrogen-bond donors (Lipinski definition) is 2. The van der Waals surface area contributed by atoms with Crippen LogP contribution in [0.1, 0.15) is 118 Å². The number of carbonyl (C=O) groups is 4. The van der Waals surface area contributed by atoms with E-state index in [0.717, 1.165) is 38.8 Å². The molecule has 0 radical (unpaired) electrons. The molecule has 0 aromatic carbocycles. The Morgan fingerprint density at radius 2 is 1.37 bits per heavy atom. The largest absolute Gasteiger partial charge is 0.462 e. The maximum atomic E-state index is 12.8. The van der Waals surface area contributed by atoms with E-state index in [1.54, 1.807) is 0 Å². The third-order valence-corrected chi connectivity index (χ3v) is 15.5. The Bertz CT molecular complexity index is 1440. The maximum absolute atomic E-state index is 12.8. The van der Waals surface area contributed by atoms with Crippen LogP contribution in [-0.4, -0.2) is 112 Å². The van der Waals surface area contributed by atoms with Crippen molar-refractivity contribution in [2.24, 2.45) is 52.3 Å². The first kappa shape index (κ1) is 44.2. The number of rotatable bonds is 13. The molecule has 0 aromatic rings. The van der Waals surface area contributed by atoms with Crippen molar-refractivity contribution >= 4 is 23.8 Å². The topological polar surface area (TPSA) is 154 Å². The van der Waals surface area contributed by atoms with Gasteiger partial charge >= 0.3 is 11.9 Å². The highest BCUT2D eigenvalue weighted by molar-refractivity contribution is 5.78. The quantitative estimate of drug-likeness (QED) is 0.191. The first-order chi connectivity index (χ1) is 26.9. The normalized spacial score (nSPS) is 40.5. The number of nitrogens with one attached hydrogen (secondary N) is 2. The van der Waals surface area contributed by atoms with Crippen molar-refractivity contribution in [2.45, 2.75) is 142 Å². The summed E-state index contributed by atoms with van der Waals surface area (Å²) in [5, 5.41) is 6.10. The SMILES string of the molecule is CC(=O)O[C@H]1C[C@H]2[C@@H]([C@H](OC(C)=O)C[C@@H]3CC4(CC[C@@]32C)OOC2(CCC(C(=O)NCCN(C)C)CC2)OO4)[C@@H]2CC[C@H]([C@H](C)CCC(=O)NCCN(C)C)[C@@]12C. The Kier molecular flexibility index (Phi) is 13.7. The van der Waals surface area contributed by atoms with Gasteiger partial charge in [-0.05, 0) is 115 Å². The molecule has 1 heterocycles. The molecule has 1 aliphatic heterocycles. The van der Waals surface area contributed by atoms with Gasteiger partial charge in [0.1, 0.15) is 12.2 Å². The van der Waals surface area contributed by atoms with Gasteiger partial charge in [-0.15, -0.1) is 0 Å². The number of ether oxygens (including phenoxy) is 2. The monoisotopic (exact) mass is 805 g/mol. The Morgan fingerprint density at radius 1 is 0.754 bits per heavy atom. The van der Waals surface area contributed by atoms with Gasteiger partial charge in [-0.1, -0.05) is 20.8 Å². The van der Waals surface area contributed by atoms with E-state index in [1.165, 1.54) is 13.8 Å². The third kappa shape index (κ3) is 9.36. The first-order valence-electron chi connectivity index (χ1n) is 21.8. The lowest BCUT2D eigenvalue weighted by Gasteiger charge is -2.65. The highest BCUT2D eigenvalue weighted by Gasteiger charge is 2.69. The number of nitrogens with zero attached hydrogens (tertiary/aromatic N) is 2. The summed E-state index contributed by atoms with van der Waals surface area (Å²) in [5.74, 6) is -1.74. The van der Waals surface area contributed by atoms with Crippen LogP contribution in [0.5, 0.6) is 0 Å². The molecule has 6 fully saturated rings. The summed E-state index contributed by atoms with van der Waals surface area (Å²) < 4.78 is 12.7. The fourth-order valence-corrected chi connectivity index (χ4v) is 12.3. The first-order valence-corrected chi connectivity index (χ1v) is 21.8. The zero-order chi connectivity index (χ0) is 41.3. The molecular weight excluding hydrogens is 732 g/mol. The molecule has 0 aromatic heterocycles. The van der Waals surface area contributed by atoms with E-state index in [-0.39, 0.29) is 88.2 Å². The average Bonchev–Trinajstić information content (AvgIpc) is 3.50. The van der Waals surface area contributed by atoms with Crippen LogP contribution in [0.25, 0.3) is 0 Å². The minimum absolute atomic E-state index is 0.0580. The van der Waals surface area contributed by atoms with E-state index in [9.17, 15) is 19.2 Å². The molecule has 10 atom stereocenters. The molecule has 5 aliphatic carbocycles. The lowest BCUT2D eigenvalue weighted by molar-refractivity contribution is -0.665. The molecule has 14 heteroatoms. The number of hydrogen-bond acceptors (Lipinski definition) is 12. The van der Waals surface area contributed by atoms with Crippen LogP contribution in [0.3, 0.4) is 0 Å². The molecular formula is C43H72N4O10. The Morgan fingerprint density at radius 3 is 1.98 bits per heavy atom. The lowest BCUT2D eigenvalue weighted by Crippen LogP contribution is -2.65. The van der Waals surface area contributed by atoms with Crippen molar-refractivity contribution in [2.75, 3.05) is 54.4 Å². The Hall–Kier alpha value is -2.36. The summed E-state index contributed by atoms with van der Waals surface area (Å²) in [6, 6.07) is 0. The van der Waals surface area contributed by atoms with Crippen molar-refractivity contribution in [1.29, 1.82) is 0 Å². The van der Waals surface area contributed by atoms with E-state index in [0.29, 0.717) is 70.9 Å². The van der Waals surface area contributed by atoms with Gasteiger partial charge in [0.15, 0.2) is 0 Å². The van der Waals surface area contributed by atoms with Gasteiger partial charge in [0.05, 0.1) is 0 Å². The molecule has 0 unspecified atom stereocenters. The molecule has 1 saturated heterocycles. The maximum Gasteiger partial charge on any atom is 0.302 e. The summed E-state index contributed by atoms with van der Waals surface area (Å²) in [6.07, 6.45) is 7.92. The van der Waals surface area contributed by atoms with Crippen molar-refractivity contribution < 1.29 is 48.2 Å². The van der Waals surface area contributed by atoms with E-state index >= 15 is 0 Å². The Labute approximate surface area is 340 Å². The number of amides is 2. The van der Waals surface area contributed by atoms with Crippen LogP contribution in [0.2, 0.25) is 0 Å². The summed E-state index contributed by atoms with van der Waals surface area (Å²) >= 11 is 0. The highest BCUT2D eigenvalue weighted by Crippen LogP contribution is 2.70. The minimum Gasteiger partial charge on any atom is -0.462 e. The van der Waals surface area contributed by atoms with Crippen molar-refractivity contribution in [3.8, 4) is 0 Å². The van der Waals surface area contributed by atoms with E-state index in [2.05, 4.69) is 36.3 Å². The molecule has 6 aliphatic rings. The molecule has 14 nitrogen and oxygen atoms in total. The molecule has 2 N–H and O–H groups in total. The Balaban J connectivity index is 1.14. The molecule has 324 valence electrons. The zero-order valence-electron chi connectivity index (χ0n) is 36.2. The van der Waals surface area contributed by atoms with Gasteiger partial charge in [-0.2, -0.15) is 19.6 Å². The van der Waals surface area contributed by atoms with E-state index in [4.69, 9.17) is 29.0 Å². The second kappa shape index (κ2) is 17.7. The van der Waals surface area contributed by atoms with Crippen molar-refractivity contribution in [3.63, 3.8) is 0 Å². The fourth-order valence-electron chi connectivity index (χ4n) is 12.3. The van der Waals surface area contributed by atoms with Gasteiger partial charge in [0, 0.05) is 89.4 Å². The molecule has 2 spiro atoms. The standard InChI is InChI=1S/C43H72N4O10/c1-27(10-13-37(50)44-20-22-46(6)7)32-11-12-33-38-34(25-36(41(32,33)5)53-29(3)49)40(4)18-19-43(26-31(40)24-35(38)52-28(2)48)56-54-42(55-57-43)16-14-30(15-17-42)39(51)45-21-23-47(8)9/h27,30-36,38H,10-26H2,1-9H3,(H,44,50)(H,45,51)/t27-,30?,31-,32-,33+,34+,35-,36+,38+,40+,41-,42?,43?/m1/s1. The predicted octanol–water partition coefficient (Wildman–Crippen LogP) is 4.99. The second-order valence-electron chi connectivity index (χ2n) is 19.7. The van der Waals surface area contributed by atoms with Gasteiger partial charge in [0.25, 0.3) is 0 Å². The zero-order valence-corrected chi connectivity index (χ0v) is 36.2. The van der Waals surface area contributed by atoms with Crippen LogP contribution < -0.4 is 10.6 Å². The highest BCUT2D eigenvalue weighted by atomic mass is 17.4. The van der Waals surface area contributed by atoms with Crippen molar-refractivity contribution in [3.05, 3.63) is 0 Å². The predicted molar refractivity (Wildman–Crippen MR) is 210 cm³/mol. The van der Waals surface area contributed by atoms with Crippen LogP contribution in [0.15, 0.2) is 0 Å². The summed E-state index contributed by atoms with van der Waals surface area (Å²) in [4.78, 5) is 80.1. The van der Waals surface area contributed by atoms with Gasteiger partial charge in [-0.3, -0.25) is 19.2 Å². The number of fused-ring (bicyclic) bond motifs is 5. The van der Waals surface area contributed by atoms with E-state index in [1.807, 2.05) is 33.1 Å². The molecule has 0 bridgehead atoms. The van der Waals surface area contributed by atoms with Gasteiger partial charge in [0.2, 0.25) is 23.4 Å². The van der Waals surface area contributed by atoms with Crippen LogP contribution in [-0.2, 0) is 48.2 Å². The van der Waals surface area contributed by atoms with Crippen LogP contribution in [0, 0.1) is 52.3 Å². The molecule has 57 heavy (non-hydrogen) atoms. The smallest absolute Gasteiger partial charge is 0.302 e. The summed E-state index contributed by atoms with van der Waals surface area (Å²) in [5.41, 5.74) is -0.497. The summed E-state index contributed by atoms with van der Waals surface area (Å²) in [7, 11) is 7.95. The second-order valence-corrected chi connectivity index (χ2v) is 19.7. The van der Waals surface area contributed by atoms with Gasteiger partial charge in [-0.25, -0.2) is 0 Å². The number of likely N-dealkylation sites (N-methyl/N-ethyl adjacent to an activating group) is 2. The third-order valence-electron chi connectivity index (χ3n) is 15.5. The number of esters is 2. The average molecular weight is 805 g/mol. The molecule has 6 rings (SSSR count). The van der Waals surface area contributed by atoms with Crippen molar-refractivity contribution in [1.82, 2.24) is 20.4 Å². The van der Waals surface area contributed by atoms with Gasteiger partial charge < -0.3 is 29.9 Å². The van der Waals surface area contributed by atoms with Crippen LogP contribution in [0.4, 0.5) is 0 Å². The fraction of sp³-hybridized carbons (Fsp3) is 0.907. The summed E-state index contributed by atoms with van der Waals surface area (Å²) in [6.45, 7) is 12.7. The lowest BCUT2D eigenvalue weighted by atomic mass is 9.42. The molecule has 5 saturated carbocycles. The van der Waals surface area contributed by atoms with Crippen LogP contribution >= 0.6 is 0 Å².